The van der Waals surface area contributed by atoms with Crippen LogP contribution in [-0.2, 0) is 57.3 Å². The number of unbranched alkanes of at least 4 members (excludes halogenated alkanes) is 8. The van der Waals surface area contributed by atoms with Crippen molar-refractivity contribution in [2.45, 2.75) is 108 Å². The third-order valence-electron chi connectivity index (χ3n) is 8.18. The van der Waals surface area contributed by atoms with Gasteiger partial charge in [0, 0.05) is 38.9 Å². The van der Waals surface area contributed by atoms with Crippen LogP contribution in [-0.4, -0.2) is 153 Å². The van der Waals surface area contributed by atoms with Crippen LogP contribution in [0.1, 0.15) is 96.3 Å². The number of ether oxygens (including phenoxy) is 4. The van der Waals surface area contributed by atoms with E-state index in [1.165, 1.54) is 0 Å². The van der Waals surface area contributed by atoms with E-state index >= 15 is 0 Å². The van der Waals surface area contributed by atoms with Crippen molar-refractivity contribution in [2.75, 3.05) is 77.8 Å². The van der Waals surface area contributed by atoms with E-state index in [-0.39, 0.29) is 127 Å². The topological polar surface area (TPSA) is 294 Å². The first-order valence-electron chi connectivity index (χ1n) is 19.8. The van der Waals surface area contributed by atoms with Crippen molar-refractivity contribution in [1.82, 2.24) is 26.6 Å². The minimum Gasteiger partial charge on any atom is -0.481 e. The van der Waals surface area contributed by atoms with Gasteiger partial charge in [0.15, 0.2) is 0 Å². The predicted molar refractivity (Wildman–Crippen MR) is 212 cm³/mol. The molecule has 0 radical (unpaired) electrons. The first-order valence-corrected chi connectivity index (χ1v) is 20.9. The summed E-state index contributed by atoms with van der Waals surface area (Å²) in [6, 6.07) is -2.24. The van der Waals surface area contributed by atoms with Crippen molar-refractivity contribution in [3.8, 4) is 0 Å². The highest BCUT2D eigenvalue weighted by Gasteiger charge is 2.21. The molecule has 1 unspecified atom stereocenters. The minimum absolute atomic E-state index is 0.0604. The van der Waals surface area contributed by atoms with Gasteiger partial charge in [-0.1, -0.05) is 54.5 Å². The fourth-order valence-electron chi connectivity index (χ4n) is 5.10. The second-order valence-corrected chi connectivity index (χ2v) is 13.7. The second-order valence-electron chi connectivity index (χ2n) is 13.2. The van der Waals surface area contributed by atoms with Gasteiger partial charge in [0.25, 0.3) is 0 Å². The zero-order valence-corrected chi connectivity index (χ0v) is 35.0. The Kier molecular flexibility index (Phi) is 34.8. The molecule has 5 amide bonds. The highest BCUT2D eigenvalue weighted by Crippen LogP contribution is 2.11. The molecule has 0 aromatic heterocycles. The summed E-state index contributed by atoms with van der Waals surface area (Å²) in [7, 11) is 0. The van der Waals surface area contributed by atoms with Crippen LogP contribution in [0, 0.1) is 0 Å². The van der Waals surface area contributed by atoms with E-state index in [2.05, 4.69) is 42.5 Å². The summed E-state index contributed by atoms with van der Waals surface area (Å²) < 4.78 is 21.1. The van der Waals surface area contributed by atoms with Crippen LogP contribution in [0.4, 0.5) is 0 Å². The molecule has 8 N–H and O–H groups in total. The summed E-state index contributed by atoms with van der Waals surface area (Å²) in [6.07, 6.45) is 8.47. The number of carbonyl (C=O) groups excluding carboxylic acids is 5. The van der Waals surface area contributed by atoms with Crippen LogP contribution < -0.4 is 26.6 Å². The van der Waals surface area contributed by atoms with E-state index in [1.54, 1.807) is 0 Å². The van der Waals surface area contributed by atoms with Crippen molar-refractivity contribution in [2.24, 2.45) is 0 Å². The number of nitrogens with one attached hydrogen (secondary N) is 5. The van der Waals surface area contributed by atoms with Gasteiger partial charge < -0.3 is 60.9 Å². The lowest BCUT2D eigenvalue weighted by atomic mass is 10.1. The van der Waals surface area contributed by atoms with Gasteiger partial charge in [0.1, 0.15) is 25.3 Å². The number of hydrogen-bond acceptors (Lipinski definition) is 12. The van der Waals surface area contributed by atoms with Crippen LogP contribution >= 0.6 is 15.9 Å². The predicted octanol–water partition coefficient (Wildman–Crippen LogP) is 0.871. The van der Waals surface area contributed by atoms with Gasteiger partial charge in [-0.2, -0.15) is 0 Å². The summed E-state index contributed by atoms with van der Waals surface area (Å²) in [5, 5.41) is 40.3. The molecule has 2 atom stereocenters. The van der Waals surface area contributed by atoms with Crippen molar-refractivity contribution >= 4 is 63.4 Å². The monoisotopic (exact) mass is 897 g/mol. The SMILES string of the molecule is O=C(O)CCCCCCCCCCC(=O)N[C@@H](CCC(=O)NCCOCCOCC(=O)NCCOCCOCC(=O)NC(CCCCNC(=O)CBr)C(=O)O)C(=O)O. The van der Waals surface area contributed by atoms with Crippen molar-refractivity contribution in [1.29, 1.82) is 0 Å². The molecule has 0 aliphatic carbocycles. The Labute approximate surface area is 348 Å². The maximum absolute atomic E-state index is 12.2. The molecule has 0 spiro atoms. The van der Waals surface area contributed by atoms with Gasteiger partial charge in [-0.25, -0.2) is 9.59 Å². The van der Waals surface area contributed by atoms with E-state index in [4.69, 9.17) is 24.1 Å². The van der Waals surface area contributed by atoms with Crippen LogP contribution in [0.2, 0.25) is 0 Å². The molecule has 0 rings (SSSR count). The number of aliphatic carboxylic acids is 3. The average molecular weight is 899 g/mol. The van der Waals surface area contributed by atoms with E-state index in [0.29, 0.717) is 32.2 Å². The Hall–Kier alpha value is -3.92. The van der Waals surface area contributed by atoms with E-state index in [0.717, 1.165) is 38.5 Å². The highest BCUT2D eigenvalue weighted by atomic mass is 79.9. The quantitative estimate of drug-likeness (QED) is 0.0313. The number of carboxylic acids is 3. The Morgan fingerprint density at radius 3 is 1.45 bits per heavy atom. The molecule has 58 heavy (non-hydrogen) atoms. The molecule has 20 nitrogen and oxygen atoms in total. The molecular formula is C37H64BrN5O15. The molecule has 0 heterocycles. The molecule has 0 aromatic rings. The number of carboxylic acid groups (broad SMARTS) is 3. The summed E-state index contributed by atoms with van der Waals surface area (Å²) in [5.41, 5.74) is 0. The number of alkyl halides is 1. The van der Waals surface area contributed by atoms with E-state index < -0.39 is 35.9 Å². The zero-order chi connectivity index (χ0) is 43.2. The van der Waals surface area contributed by atoms with Gasteiger partial charge in [-0.3, -0.25) is 28.8 Å². The maximum atomic E-state index is 12.2. The minimum atomic E-state index is -1.22. The maximum Gasteiger partial charge on any atom is 0.326 e. The molecule has 0 aliphatic rings. The molecule has 0 aliphatic heterocycles. The normalized spacial score (nSPS) is 11.9. The molecule has 334 valence electrons. The first kappa shape index (κ1) is 54.1. The number of carbonyl (C=O) groups is 8. The smallest absolute Gasteiger partial charge is 0.326 e. The van der Waals surface area contributed by atoms with Crippen molar-refractivity contribution in [3.63, 3.8) is 0 Å². The van der Waals surface area contributed by atoms with Gasteiger partial charge in [-0.05, 0) is 38.5 Å². The van der Waals surface area contributed by atoms with Crippen molar-refractivity contribution in [3.05, 3.63) is 0 Å². The van der Waals surface area contributed by atoms with Gasteiger partial charge in [0.2, 0.25) is 29.5 Å². The summed E-state index contributed by atoms with van der Waals surface area (Å²) in [6.45, 7) is 1.12. The molecule has 0 saturated carbocycles. The Balaban J connectivity index is 3.77. The number of amides is 5. The third kappa shape index (κ3) is 35.3. The molecule has 0 bridgehead atoms. The van der Waals surface area contributed by atoms with Crippen molar-refractivity contribution < 1.29 is 72.6 Å². The first-order chi connectivity index (χ1) is 27.8. The van der Waals surface area contributed by atoms with Gasteiger partial charge >= 0.3 is 17.9 Å². The fraction of sp³-hybridized carbons (Fsp3) is 0.784. The Morgan fingerprint density at radius 1 is 0.431 bits per heavy atom. The Morgan fingerprint density at radius 2 is 0.897 bits per heavy atom. The lowest BCUT2D eigenvalue weighted by molar-refractivity contribution is -0.143. The molecule has 0 fully saturated rings. The standard InChI is InChI=1S/C37H64BrN5O15/c38-25-32(46)39-16-10-9-11-28(36(51)52)43-34(48)27-58-24-22-56-20-18-41-33(47)26-57-23-21-55-19-17-40-30(44)15-14-29(37(53)54)42-31(45)12-7-5-3-1-2-4-6-8-13-35(49)50/h28-29H,1-27H2,(H,39,46)(H,40,44)(H,41,47)(H,42,45)(H,43,48)(H,49,50)(H,51,52)(H,53,54)/t28?,29-/m0/s1. The van der Waals surface area contributed by atoms with Gasteiger partial charge in [-0.15, -0.1) is 0 Å². The largest absolute Gasteiger partial charge is 0.481 e. The van der Waals surface area contributed by atoms with Crippen LogP contribution in [0.25, 0.3) is 0 Å². The van der Waals surface area contributed by atoms with Gasteiger partial charge in [0.05, 0.1) is 45.0 Å². The summed E-state index contributed by atoms with van der Waals surface area (Å²) in [4.78, 5) is 92.9. The zero-order valence-electron chi connectivity index (χ0n) is 33.4. The summed E-state index contributed by atoms with van der Waals surface area (Å²) in [5.74, 6) is -5.03. The number of hydrogen-bond donors (Lipinski definition) is 8. The van der Waals surface area contributed by atoms with Crippen LogP contribution in [0.3, 0.4) is 0 Å². The summed E-state index contributed by atoms with van der Waals surface area (Å²) >= 11 is 3.03. The third-order valence-corrected chi connectivity index (χ3v) is 8.69. The lowest BCUT2D eigenvalue weighted by Gasteiger charge is -2.14. The highest BCUT2D eigenvalue weighted by molar-refractivity contribution is 9.09. The lowest BCUT2D eigenvalue weighted by Crippen LogP contribution is -2.42. The molecule has 21 heteroatoms. The molecule has 0 saturated heterocycles. The van der Waals surface area contributed by atoms with E-state index in [1.807, 2.05) is 0 Å². The Bertz CT molecular complexity index is 1210. The fourth-order valence-corrected chi connectivity index (χ4v) is 5.30. The second kappa shape index (κ2) is 37.4. The number of rotatable bonds is 40. The van der Waals surface area contributed by atoms with Crippen LogP contribution in [0.15, 0.2) is 0 Å². The molecular weight excluding hydrogens is 834 g/mol. The van der Waals surface area contributed by atoms with Crippen LogP contribution in [0.5, 0.6) is 0 Å². The average Bonchev–Trinajstić information content (AvgIpc) is 3.17. The number of halogens is 1. The van der Waals surface area contributed by atoms with E-state index in [9.17, 15) is 48.6 Å². The molecule has 0 aromatic carbocycles.